The molecular formula is C21H22ClNO4. The molecule has 2 aromatic carbocycles. The molecule has 1 atom stereocenters. The summed E-state index contributed by atoms with van der Waals surface area (Å²) in [4.78, 5) is 25.9. The van der Waals surface area contributed by atoms with E-state index in [1.807, 2.05) is 36.4 Å². The Morgan fingerprint density at radius 3 is 2.44 bits per heavy atom. The monoisotopic (exact) mass is 387 g/mol. The van der Waals surface area contributed by atoms with Crippen LogP contribution in [0, 0.1) is 0 Å². The van der Waals surface area contributed by atoms with Gasteiger partial charge in [0.2, 0.25) is 0 Å². The number of carbonyl (C=O) groups excluding carboxylic acids is 2. The number of nitrogens with zero attached hydrogens (tertiary/aromatic N) is 1. The van der Waals surface area contributed by atoms with E-state index < -0.39 is 12.1 Å². The summed E-state index contributed by atoms with van der Waals surface area (Å²) >= 11 is 6.27. The van der Waals surface area contributed by atoms with Gasteiger partial charge in [0.1, 0.15) is 5.75 Å². The van der Waals surface area contributed by atoms with E-state index in [1.54, 1.807) is 24.0 Å². The van der Waals surface area contributed by atoms with Crippen LogP contribution in [0.2, 0.25) is 5.02 Å². The molecule has 27 heavy (non-hydrogen) atoms. The Kier molecular flexibility index (Phi) is 6.35. The molecule has 1 saturated heterocycles. The van der Waals surface area contributed by atoms with Crippen molar-refractivity contribution in [3.05, 3.63) is 53.6 Å². The molecule has 0 unspecified atom stereocenters. The van der Waals surface area contributed by atoms with Gasteiger partial charge < -0.3 is 14.4 Å². The summed E-state index contributed by atoms with van der Waals surface area (Å²) in [5.74, 6) is -0.365. The summed E-state index contributed by atoms with van der Waals surface area (Å²) < 4.78 is 10.6. The molecule has 1 aliphatic rings. The van der Waals surface area contributed by atoms with E-state index in [9.17, 15) is 9.59 Å². The second-order valence-electron chi connectivity index (χ2n) is 6.46. The van der Waals surface area contributed by atoms with Crippen molar-refractivity contribution < 1.29 is 19.1 Å². The summed E-state index contributed by atoms with van der Waals surface area (Å²) in [7, 11) is 0. The number of halogens is 1. The zero-order chi connectivity index (χ0) is 19.2. The van der Waals surface area contributed by atoms with E-state index in [0.29, 0.717) is 10.8 Å². The van der Waals surface area contributed by atoms with Crippen molar-refractivity contribution in [2.75, 3.05) is 19.7 Å². The molecule has 0 radical (unpaired) electrons. The van der Waals surface area contributed by atoms with Crippen molar-refractivity contribution in [2.45, 2.75) is 25.9 Å². The lowest BCUT2D eigenvalue weighted by Gasteiger charge is -2.20. The number of benzene rings is 2. The van der Waals surface area contributed by atoms with Crippen LogP contribution in [0.1, 0.15) is 19.8 Å². The SMILES string of the molecule is C[C@H](OC(=O)COc1ccc(-c2ccccc2)cc1Cl)C(=O)N1CCCC1. The molecule has 0 bridgehead atoms. The fraction of sp³-hybridized carbons (Fsp3) is 0.333. The lowest BCUT2D eigenvalue weighted by Crippen LogP contribution is -2.38. The van der Waals surface area contributed by atoms with Crippen molar-refractivity contribution in [1.82, 2.24) is 4.90 Å². The van der Waals surface area contributed by atoms with Crippen molar-refractivity contribution >= 4 is 23.5 Å². The van der Waals surface area contributed by atoms with Gasteiger partial charge in [-0.3, -0.25) is 4.79 Å². The highest BCUT2D eigenvalue weighted by Gasteiger charge is 2.26. The van der Waals surface area contributed by atoms with E-state index in [1.165, 1.54) is 0 Å². The standard InChI is InChI=1S/C21H22ClNO4/c1-15(21(25)23-11-5-6-12-23)27-20(24)14-26-19-10-9-17(13-18(19)22)16-7-3-2-4-8-16/h2-4,7-10,13,15H,5-6,11-12,14H2,1H3/t15-/m0/s1. The molecule has 2 aromatic rings. The van der Waals surface area contributed by atoms with E-state index in [-0.39, 0.29) is 12.5 Å². The Morgan fingerprint density at radius 2 is 1.78 bits per heavy atom. The van der Waals surface area contributed by atoms with Crippen LogP contribution in [-0.4, -0.2) is 42.6 Å². The van der Waals surface area contributed by atoms with Gasteiger partial charge in [0.25, 0.3) is 5.91 Å². The molecule has 1 amide bonds. The molecule has 0 N–H and O–H groups in total. The largest absolute Gasteiger partial charge is 0.480 e. The van der Waals surface area contributed by atoms with Crippen molar-refractivity contribution in [3.8, 4) is 16.9 Å². The Morgan fingerprint density at radius 1 is 1.07 bits per heavy atom. The van der Waals surface area contributed by atoms with Gasteiger partial charge in [0.15, 0.2) is 12.7 Å². The van der Waals surface area contributed by atoms with Crippen LogP contribution in [0.4, 0.5) is 0 Å². The fourth-order valence-electron chi connectivity index (χ4n) is 3.04. The number of amides is 1. The Hall–Kier alpha value is -2.53. The normalized spacial score (nSPS) is 14.7. The molecule has 6 heteroatoms. The second kappa shape index (κ2) is 8.91. The van der Waals surface area contributed by atoms with Crippen LogP contribution in [0.3, 0.4) is 0 Å². The van der Waals surface area contributed by atoms with Gasteiger partial charge in [0.05, 0.1) is 5.02 Å². The van der Waals surface area contributed by atoms with Crippen LogP contribution in [0.5, 0.6) is 5.75 Å². The lowest BCUT2D eigenvalue weighted by atomic mass is 10.1. The van der Waals surface area contributed by atoms with Crippen LogP contribution < -0.4 is 4.74 Å². The van der Waals surface area contributed by atoms with Crippen LogP contribution in [0.15, 0.2) is 48.5 Å². The summed E-state index contributed by atoms with van der Waals surface area (Å²) in [6, 6.07) is 15.2. The molecule has 0 saturated carbocycles. The average molecular weight is 388 g/mol. The quantitative estimate of drug-likeness (QED) is 0.704. The van der Waals surface area contributed by atoms with E-state index >= 15 is 0 Å². The first-order valence-corrected chi connectivity index (χ1v) is 9.38. The third-order valence-electron chi connectivity index (χ3n) is 4.46. The molecule has 0 aliphatic carbocycles. The number of hydrogen-bond acceptors (Lipinski definition) is 4. The summed E-state index contributed by atoms with van der Waals surface area (Å²) in [5, 5.41) is 0.408. The number of rotatable bonds is 6. The predicted octanol–water partition coefficient (Wildman–Crippen LogP) is 3.94. The number of likely N-dealkylation sites (tertiary alicyclic amines) is 1. The topological polar surface area (TPSA) is 55.8 Å². The van der Waals surface area contributed by atoms with Gasteiger partial charge in [-0.1, -0.05) is 48.0 Å². The minimum absolute atomic E-state index is 0.161. The third kappa shape index (κ3) is 5.01. The van der Waals surface area contributed by atoms with E-state index in [0.717, 1.165) is 37.1 Å². The van der Waals surface area contributed by atoms with Crippen LogP contribution in [-0.2, 0) is 14.3 Å². The summed E-state index contributed by atoms with van der Waals surface area (Å²) in [5.41, 5.74) is 2.00. The maximum Gasteiger partial charge on any atom is 0.344 e. The molecule has 1 fully saturated rings. The molecule has 0 spiro atoms. The van der Waals surface area contributed by atoms with Crippen molar-refractivity contribution in [2.24, 2.45) is 0 Å². The Balaban J connectivity index is 1.53. The molecule has 0 aromatic heterocycles. The minimum Gasteiger partial charge on any atom is -0.480 e. The highest BCUT2D eigenvalue weighted by Crippen LogP contribution is 2.30. The van der Waals surface area contributed by atoms with Gasteiger partial charge in [-0.2, -0.15) is 0 Å². The van der Waals surface area contributed by atoms with Gasteiger partial charge in [-0.15, -0.1) is 0 Å². The maximum absolute atomic E-state index is 12.2. The van der Waals surface area contributed by atoms with Gasteiger partial charge in [-0.25, -0.2) is 4.79 Å². The lowest BCUT2D eigenvalue weighted by molar-refractivity contribution is -0.160. The molecule has 142 valence electrons. The zero-order valence-corrected chi connectivity index (χ0v) is 15.9. The second-order valence-corrected chi connectivity index (χ2v) is 6.87. The van der Waals surface area contributed by atoms with E-state index in [4.69, 9.17) is 21.1 Å². The number of carbonyl (C=O) groups is 2. The first kappa shape index (κ1) is 19.2. The summed E-state index contributed by atoms with van der Waals surface area (Å²) in [6.45, 7) is 2.73. The summed E-state index contributed by atoms with van der Waals surface area (Å²) in [6.07, 6.45) is 1.18. The molecule has 5 nitrogen and oxygen atoms in total. The Labute approximate surface area is 163 Å². The number of hydrogen-bond donors (Lipinski definition) is 0. The molecule has 3 rings (SSSR count). The first-order chi connectivity index (χ1) is 13.0. The highest BCUT2D eigenvalue weighted by molar-refractivity contribution is 6.32. The minimum atomic E-state index is -0.810. The number of ether oxygens (including phenoxy) is 2. The molecule has 1 aliphatic heterocycles. The van der Waals surface area contributed by atoms with Crippen LogP contribution in [0.25, 0.3) is 11.1 Å². The Bertz CT molecular complexity index is 803. The van der Waals surface area contributed by atoms with Gasteiger partial charge in [0, 0.05) is 13.1 Å². The molecule has 1 heterocycles. The average Bonchev–Trinajstić information content (AvgIpc) is 3.21. The number of esters is 1. The van der Waals surface area contributed by atoms with Crippen molar-refractivity contribution in [3.63, 3.8) is 0 Å². The fourth-order valence-corrected chi connectivity index (χ4v) is 3.28. The van der Waals surface area contributed by atoms with Gasteiger partial charge in [-0.05, 0) is 43.0 Å². The smallest absolute Gasteiger partial charge is 0.344 e. The van der Waals surface area contributed by atoms with Crippen LogP contribution >= 0.6 is 11.6 Å². The van der Waals surface area contributed by atoms with E-state index in [2.05, 4.69) is 0 Å². The third-order valence-corrected chi connectivity index (χ3v) is 4.75. The predicted molar refractivity (Wildman–Crippen MR) is 104 cm³/mol. The highest BCUT2D eigenvalue weighted by atomic mass is 35.5. The first-order valence-electron chi connectivity index (χ1n) is 9.00. The maximum atomic E-state index is 12.2. The zero-order valence-electron chi connectivity index (χ0n) is 15.2. The van der Waals surface area contributed by atoms with Crippen molar-refractivity contribution in [1.29, 1.82) is 0 Å². The van der Waals surface area contributed by atoms with Gasteiger partial charge >= 0.3 is 5.97 Å². The molecular weight excluding hydrogens is 366 g/mol.